The molecule has 152 valence electrons. The number of phenols is 1. The minimum absolute atomic E-state index is 0.152. The number of rotatable bonds is 5. The second-order valence-corrected chi connectivity index (χ2v) is 9.22. The summed E-state index contributed by atoms with van der Waals surface area (Å²) < 4.78 is 0. The third-order valence-corrected chi connectivity index (χ3v) is 6.75. The summed E-state index contributed by atoms with van der Waals surface area (Å²) in [5.41, 5.74) is 3.70. The fourth-order valence-corrected chi connectivity index (χ4v) is 5.27. The van der Waals surface area contributed by atoms with E-state index < -0.39 is 0 Å². The molecule has 1 N–H and O–H groups in total. The van der Waals surface area contributed by atoms with Crippen molar-refractivity contribution < 1.29 is 5.11 Å². The van der Waals surface area contributed by atoms with Gasteiger partial charge in [0.25, 0.3) is 0 Å². The SMILES string of the molecule is C[C@@H]1CN([C@H](c2ccsc2)c2cccc(O)c2)[C@@H](C)CN1Cc1cccc(Cl)c1. The van der Waals surface area contributed by atoms with Crippen LogP contribution in [0, 0.1) is 0 Å². The molecule has 0 saturated carbocycles. The zero-order valence-electron chi connectivity index (χ0n) is 16.8. The number of aromatic hydroxyl groups is 1. The van der Waals surface area contributed by atoms with Gasteiger partial charge in [-0.2, -0.15) is 11.3 Å². The summed E-state index contributed by atoms with van der Waals surface area (Å²) in [6, 6.07) is 19.0. The highest BCUT2D eigenvalue weighted by atomic mass is 35.5. The van der Waals surface area contributed by atoms with Crippen molar-refractivity contribution in [2.75, 3.05) is 13.1 Å². The molecule has 1 saturated heterocycles. The first-order valence-corrected chi connectivity index (χ1v) is 11.4. The van der Waals surface area contributed by atoms with Gasteiger partial charge < -0.3 is 5.11 Å². The molecular weight excluding hydrogens is 400 g/mol. The van der Waals surface area contributed by atoms with E-state index in [1.165, 1.54) is 11.1 Å². The van der Waals surface area contributed by atoms with E-state index >= 15 is 0 Å². The van der Waals surface area contributed by atoms with Crippen LogP contribution in [0.1, 0.15) is 36.6 Å². The molecule has 0 spiro atoms. The van der Waals surface area contributed by atoms with Gasteiger partial charge in [0.05, 0.1) is 6.04 Å². The zero-order chi connectivity index (χ0) is 20.4. The minimum atomic E-state index is 0.152. The van der Waals surface area contributed by atoms with Crippen molar-refractivity contribution in [3.63, 3.8) is 0 Å². The zero-order valence-corrected chi connectivity index (χ0v) is 18.4. The molecule has 4 rings (SSSR count). The molecule has 1 fully saturated rings. The second kappa shape index (κ2) is 8.88. The van der Waals surface area contributed by atoms with Crippen LogP contribution in [-0.2, 0) is 6.54 Å². The van der Waals surface area contributed by atoms with Crippen molar-refractivity contribution in [2.45, 2.75) is 38.5 Å². The first-order valence-electron chi connectivity index (χ1n) is 10.1. The maximum Gasteiger partial charge on any atom is 0.115 e. The molecule has 3 atom stereocenters. The monoisotopic (exact) mass is 426 g/mol. The second-order valence-electron chi connectivity index (χ2n) is 8.01. The van der Waals surface area contributed by atoms with Gasteiger partial charge in [-0.25, -0.2) is 0 Å². The molecule has 0 aliphatic carbocycles. The van der Waals surface area contributed by atoms with Crippen molar-refractivity contribution in [2.24, 2.45) is 0 Å². The molecule has 1 aliphatic rings. The van der Waals surface area contributed by atoms with E-state index in [0.717, 1.165) is 30.2 Å². The summed E-state index contributed by atoms with van der Waals surface area (Å²) in [5.74, 6) is 0.322. The maximum atomic E-state index is 10.1. The molecule has 0 amide bonds. The summed E-state index contributed by atoms with van der Waals surface area (Å²) in [6.07, 6.45) is 0. The van der Waals surface area contributed by atoms with Gasteiger partial charge in [0, 0.05) is 36.7 Å². The number of benzene rings is 2. The topological polar surface area (TPSA) is 26.7 Å². The fraction of sp³-hybridized carbons (Fsp3) is 0.333. The Morgan fingerprint density at radius 3 is 2.59 bits per heavy atom. The Hall–Kier alpha value is -1.85. The van der Waals surface area contributed by atoms with E-state index in [1.807, 2.05) is 24.3 Å². The molecule has 2 heterocycles. The van der Waals surface area contributed by atoms with Gasteiger partial charge in [-0.15, -0.1) is 0 Å². The first-order chi connectivity index (χ1) is 14.0. The normalized spacial score (nSPS) is 21.9. The summed E-state index contributed by atoms with van der Waals surface area (Å²) in [7, 11) is 0. The average molecular weight is 427 g/mol. The number of hydrogen-bond acceptors (Lipinski definition) is 4. The molecule has 0 unspecified atom stereocenters. The van der Waals surface area contributed by atoms with Crippen molar-refractivity contribution in [3.05, 3.63) is 87.1 Å². The Labute approximate surface area is 182 Å². The maximum absolute atomic E-state index is 10.1. The largest absolute Gasteiger partial charge is 0.508 e. The number of nitrogens with zero attached hydrogens (tertiary/aromatic N) is 2. The van der Waals surface area contributed by atoms with Crippen LogP contribution in [0.3, 0.4) is 0 Å². The molecule has 5 heteroatoms. The van der Waals surface area contributed by atoms with Crippen LogP contribution >= 0.6 is 22.9 Å². The Kier molecular flexibility index (Phi) is 6.26. The van der Waals surface area contributed by atoms with Crippen molar-refractivity contribution >= 4 is 22.9 Å². The van der Waals surface area contributed by atoms with Crippen molar-refractivity contribution in [1.82, 2.24) is 9.80 Å². The van der Waals surface area contributed by atoms with Crippen LogP contribution in [0.2, 0.25) is 5.02 Å². The fourth-order valence-electron chi connectivity index (χ4n) is 4.38. The molecule has 0 bridgehead atoms. The van der Waals surface area contributed by atoms with E-state index in [1.54, 1.807) is 17.4 Å². The van der Waals surface area contributed by atoms with Gasteiger partial charge in [-0.3, -0.25) is 9.80 Å². The van der Waals surface area contributed by atoms with E-state index in [0.29, 0.717) is 17.8 Å². The quantitative estimate of drug-likeness (QED) is 0.559. The third-order valence-electron chi connectivity index (χ3n) is 5.81. The first kappa shape index (κ1) is 20.4. The highest BCUT2D eigenvalue weighted by molar-refractivity contribution is 7.08. The summed E-state index contributed by atoms with van der Waals surface area (Å²) in [6.45, 7) is 7.48. The van der Waals surface area contributed by atoms with Gasteiger partial charge in [0.2, 0.25) is 0 Å². The van der Waals surface area contributed by atoms with Crippen LogP contribution < -0.4 is 0 Å². The summed E-state index contributed by atoms with van der Waals surface area (Å²) in [5, 5.41) is 15.2. The molecule has 2 aromatic carbocycles. The lowest BCUT2D eigenvalue weighted by Gasteiger charge is -2.47. The molecule has 3 aromatic rings. The molecule has 1 aliphatic heterocycles. The number of phenolic OH excluding ortho intramolecular Hbond substituents is 1. The smallest absolute Gasteiger partial charge is 0.115 e. The third kappa shape index (κ3) is 4.67. The predicted molar refractivity (Wildman–Crippen MR) is 122 cm³/mol. The van der Waals surface area contributed by atoms with Gasteiger partial charge in [-0.05, 0) is 71.6 Å². The van der Waals surface area contributed by atoms with E-state index in [9.17, 15) is 5.11 Å². The molecule has 3 nitrogen and oxygen atoms in total. The number of hydrogen-bond donors (Lipinski definition) is 1. The van der Waals surface area contributed by atoms with E-state index in [4.69, 9.17) is 11.6 Å². The number of piperazine rings is 1. The van der Waals surface area contributed by atoms with Crippen LogP contribution in [-0.4, -0.2) is 40.1 Å². The van der Waals surface area contributed by atoms with Crippen molar-refractivity contribution in [3.8, 4) is 5.75 Å². The molecule has 29 heavy (non-hydrogen) atoms. The van der Waals surface area contributed by atoms with Crippen LogP contribution in [0.15, 0.2) is 65.4 Å². The standard InChI is InChI=1S/C24H27ClN2OS/c1-17-14-27(18(2)13-26(17)15-19-5-3-7-22(25)11-19)24(21-9-10-29-16-21)20-6-4-8-23(28)12-20/h3-12,16-18,24,28H,13-15H2,1-2H3/t17-,18+,24+/m1/s1. The average Bonchev–Trinajstić information content (AvgIpc) is 3.20. The number of thiophene rings is 1. The Balaban J connectivity index is 1.57. The van der Waals surface area contributed by atoms with E-state index in [2.05, 4.69) is 58.7 Å². The highest BCUT2D eigenvalue weighted by Gasteiger charge is 2.35. The van der Waals surface area contributed by atoms with Crippen LogP contribution in [0.5, 0.6) is 5.75 Å². The lowest BCUT2D eigenvalue weighted by atomic mass is 9.95. The highest BCUT2D eigenvalue weighted by Crippen LogP contribution is 2.35. The summed E-state index contributed by atoms with van der Waals surface area (Å²) >= 11 is 7.91. The van der Waals surface area contributed by atoms with Crippen LogP contribution in [0.25, 0.3) is 0 Å². The lowest BCUT2D eigenvalue weighted by Crippen LogP contribution is -2.56. The van der Waals surface area contributed by atoms with Gasteiger partial charge >= 0.3 is 0 Å². The van der Waals surface area contributed by atoms with Crippen molar-refractivity contribution in [1.29, 1.82) is 0 Å². The molecule has 1 aromatic heterocycles. The Bertz CT molecular complexity index is 946. The lowest BCUT2D eigenvalue weighted by molar-refractivity contribution is 0.0196. The Morgan fingerprint density at radius 1 is 1.03 bits per heavy atom. The molecule has 0 radical (unpaired) electrons. The number of halogens is 1. The van der Waals surface area contributed by atoms with E-state index in [-0.39, 0.29) is 6.04 Å². The van der Waals surface area contributed by atoms with Gasteiger partial charge in [-0.1, -0.05) is 35.9 Å². The summed E-state index contributed by atoms with van der Waals surface area (Å²) in [4.78, 5) is 5.12. The molecular formula is C24H27ClN2OS. The van der Waals surface area contributed by atoms with Gasteiger partial charge in [0.1, 0.15) is 5.75 Å². The van der Waals surface area contributed by atoms with Gasteiger partial charge in [0.15, 0.2) is 0 Å². The minimum Gasteiger partial charge on any atom is -0.508 e. The predicted octanol–water partition coefficient (Wildman–Crippen LogP) is 5.79. The Morgan fingerprint density at radius 2 is 1.86 bits per heavy atom. The van der Waals surface area contributed by atoms with Crippen LogP contribution in [0.4, 0.5) is 0 Å².